The highest BCUT2D eigenvalue weighted by Gasteiger charge is 2.42. The summed E-state index contributed by atoms with van der Waals surface area (Å²) in [5, 5.41) is 13.6. The van der Waals surface area contributed by atoms with Gasteiger partial charge in [-0.1, -0.05) is 5.16 Å². The van der Waals surface area contributed by atoms with Gasteiger partial charge in [-0.05, 0) is 24.3 Å². The lowest BCUT2D eigenvalue weighted by atomic mass is 10.1. The molecule has 8 heteroatoms. The minimum atomic E-state index is -4.49. The molecule has 1 rings (SSSR count). The Kier molecular flexibility index (Phi) is 5.38. The van der Waals surface area contributed by atoms with Crippen LogP contribution in [0, 0.1) is 5.92 Å². The summed E-state index contributed by atoms with van der Waals surface area (Å²) < 4.78 is 37.8. The van der Waals surface area contributed by atoms with Crippen LogP contribution < -0.4 is 11.1 Å². The Labute approximate surface area is 102 Å². The van der Waals surface area contributed by atoms with Gasteiger partial charge < -0.3 is 16.3 Å². The van der Waals surface area contributed by atoms with Crippen LogP contribution in [0.1, 0.15) is 12.8 Å². The number of nitrogens with one attached hydrogen (secondary N) is 1. The van der Waals surface area contributed by atoms with Crippen molar-refractivity contribution in [3.8, 4) is 0 Å². The van der Waals surface area contributed by atoms with E-state index < -0.39 is 17.9 Å². The topological polar surface area (TPSA) is 70.6 Å². The van der Waals surface area contributed by atoms with Crippen molar-refractivity contribution in [3.63, 3.8) is 0 Å². The second-order valence-corrected chi connectivity index (χ2v) is 5.14. The molecule has 0 saturated carbocycles. The Morgan fingerprint density at radius 2 is 2.06 bits per heavy atom. The Bertz CT molecular complexity index is 267. The van der Waals surface area contributed by atoms with Crippen LogP contribution in [0.5, 0.6) is 0 Å². The lowest BCUT2D eigenvalue weighted by molar-refractivity contribution is -0.155. The molecule has 1 atom stereocenters. The highest BCUT2D eigenvalue weighted by atomic mass is 32.2. The van der Waals surface area contributed by atoms with E-state index in [0.29, 0.717) is 0 Å². The molecule has 4 nitrogen and oxygen atoms in total. The molecule has 100 valence electrons. The summed E-state index contributed by atoms with van der Waals surface area (Å²) in [5.74, 6) is -0.812. The zero-order valence-corrected chi connectivity index (χ0v) is 10.0. The van der Waals surface area contributed by atoms with Crippen LogP contribution in [-0.2, 0) is 0 Å². The summed E-state index contributed by atoms with van der Waals surface area (Å²) in [4.78, 5) is 0. The zero-order valence-electron chi connectivity index (χ0n) is 9.20. The third kappa shape index (κ3) is 4.63. The molecule has 17 heavy (non-hydrogen) atoms. The van der Waals surface area contributed by atoms with Gasteiger partial charge in [-0.2, -0.15) is 24.9 Å². The van der Waals surface area contributed by atoms with E-state index in [4.69, 9.17) is 10.9 Å². The summed E-state index contributed by atoms with van der Waals surface area (Å²) >= 11 is 1.80. The number of alkyl halides is 3. The number of halogens is 3. The lowest BCUT2D eigenvalue weighted by Crippen LogP contribution is -2.46. The first kappa shape index (κ1) is 14.4. The molecular weight excluding hydrogens is 255 g/mol. The monoisotopic (exact) mass is 271 g/mol. The first-order valence-electron chi connectivity index (χ1n) is 5.30. The lowest BCUT2D eigenvalue weighted by Gasteiger charge is -2.26. The average molecular weight is 271 g/mol. The molecule has 0 spiro atoms. The molecule has 1 unspecified atom stereocenters. The third-order valence-corrected chi connectivity index (χ3v) is 3.75. The van der Waals surface area contributed by atoms with Crippen LogP contribution in [0.3, 0.4) is 0 Å². The van der Waals surface area contributed by atoms with Crippen molar-refractivity contribution in [2.45, 2.75) is 25.1 Å². The molecular formula is C9H16F3N3OS. The van der Waals surface area contributed by atoms with Crippen molar-refractivity contribution in [2.24, 2.45) is 16.8 Å². The van der Waals surface area contributed by atoms with Crippen molar-refractivity contribution in [2.75, 3.05) is 18.1 Å². The normalized spacial score (nSPS) is 21.5. The standard InChI is InChI=1S/C9H16F3N3OS/c10-9(11,12)7(8(13)15-16)5-14-6-1-3-17-4-2-6/h6-7,14,16H,1-5H2,(H2,13,15). The predicted molar refractivity (Wildman–Crippen MR) is 61.3 cm³/mol. The van der Waals surface area contributed by atoms with Gasteiger partial charge in [0.2, 0.25) is 0 Å². The van der Waals surface area contributed by atoms with Crippen LogP contribution in [0.2, 0.25) is 0 Å². The molecule has 0 aromatic heterocycles. The van der Waals surface area contributed by atoms with E-state index in [0.717, 1.165) is 24.3 Å². The Balaban J connectivity index is 2.49. The number of nitrogens with two attached hydrogens (primary N) is 1. The zero-order chi connectivity index (χ0) is 12.9. The van der Waals surface area contributed by atoms with Crippen molar-refractivity contribution in [1.82, 2.24) is 5.32 Å². The fourth-order valence-corrected chi connectivity index (χ4v) is 2.75. The fraction of sp³-hybridized carbons (Fsp3) is 0.889. The molecule has 1 aliphatic rings. The summed E-state index contributed by atoms with van der Waals surface area (Å²) in [6.07, 6.45) is -2.79. The highest BCUT2D eigenvalue weighted by Crippen LogP contribution is 2.26. The van der Waals surface area contributed by atoms with Gasteiger partial charge in [-0.3, -0.25) is 0 Å². The molecule has 0 aliphatic carbocycles. The molecule has 1 fully saturated rings. The summed E-state index contributed by atoms with van der Waals surface area (Å²) in [6.45, 7) is -0.339. The van der Waals surface area contributed by atoms with E-state index in [1.807, 2.05) is 0 Å². The molecule has 1 saturated heterocycles. The van der Waals surface area contributed by atoms with E-state index in [2.05, 4.69) is 10.5 Å². The summed E-state index contributed by atoms with van der Waals surface area (Å²) in [5.41, 5.74) is 5.05. The highest BCUT2D eigenvalue weighted by molar-refractivity contribution is 7.99. The third-order valence-electron chi connectivity index (χ3n) is 2.70. The van der Waals surface area contributed by atoms with Crippen molar-refractivity contribution in [1.29, 1.82) is 0 Å². The first-order valence-corrected chi connectivity index (χ1v) is 6.46. The fourth-order valence-electron chi connectivity index (χ4n) is 1.64. The maximum Gasteiger partial charge on any atom is 0.400 e. The van der Waals surface area contributed by atoms with Crippen LogP contribution in [0.25, 0.3) is 0 Å². The minimum absolute atomic E-state index is 0.0904. The number of hydrogen-bond donors (Lipinski definition) is 3. The van der Waals surface area contributed by atoms with Gasteiger partial charge in [0.05, 0.1) is 0 Å². The SMILES string of the molecule is NC(=NO)C(CNC1CCSCC1)C(F)(F)F. The predicted octanol–water partition coefficient (Wildman–Crippen LogP) is 1.40. The van der Waals surface area contributed by atoms with Gasteiger partial charge >= 0.3 is 6.18 Å². The molecule has 0 aromatic carbocycles. The second kappa shape index (κ2) is 6.34. The molecule has 0 aromatic rings. The molecule has 1 heterocycles. The van der Waals surface area contributed by atoms with Crippen molar-refractivity contribution in [3.05, 3.63) is 0 Å². The number of thioether (sulfide) groups is 1. The number of nitrogens with zero attached hydrogens (tertiary/aromatic N) is 1. The van der Waals surface area contributed by atoms with Crippen LogP contribution in [-0.4, -0.2) is 41.3 Å². The number of rotatable bonds is 4. The summed E-state index contributed by atoms with van der Waals surface area (Å²) in [7, 11) is 0. The van der Waals surface area contributed by atoms with Crippen LogP contribution >= 0.6 is 11.8 Å². The first-order chi connectivity index (χ1) is 7.95. The maximum atomic E-state index is 12.6. The van der Waals surface area contributed by atoms with Crippen LogP contribution in [0.15, 0.2) is 5.16 Å². The van der Waals surface area contributed by atoms with E-state index in [9.17, 15) is 13.2 Å². The van der Waals surface area contributed by atoms with Gasteiger partial charge in [0.1, 0.15) is 5.92 Å². The van der Waals surface area contributed by atoms with E-state index >= 15 is 0 Å². The van der Waals surface area contributed by atoms with E-state index in [-0.39, 0.29) is 12.6 Å². The summed E-state index contributed by atoms with van der Waals surface area (Å²) in [6, 6.07) is 0.0904. The maximum absolute atomic E-state index is 12.6. The van der Waals surface area contributed by atoms with Gasteiger partial charge in [0.25, 0.3) is 0 Å². The molecule has 0 radical (unpaired) electrons. The smallest absolute Gasteiger partial charge is 0.400 e. The molecule has 0 bridgehead atoms. The van der Waals surface area contributed by atoms with E-state index in [1.54, 1.807) is 11.8 Å². The second-order valence-electron chi connectivity index (χ2n) is 3.91. The number of hydrogen-bond acceptors (Lipinski definition) is 4. The van der Waals surface area contributed by atoms with Crippen molar-refractivity contribution >= 4 is 17.6 Å². The van der Waals surface area contributed by atoms with Gasteiger partial charge in [-0.15, -0.1) is 0 Å². The molecule has 4 N–H and O–H groups in total. The van der Waals surface area contributed by atoms with Gasteiger partial charge in [0.15, 0.2) is 5.84 Å². The molecule has 0 amide bonds. The Morgan fingerprint density at radius 3 is 2.53 bits per heavy atom. The Hall–Kier alpha value is -0.630. The van der Waals surface area contributed by atoms with Crippen LogP contribution in [0.4, 0.5) is 13.2 Å². The number of amidine groups is 1. The van der Waals surface area contributed by atoms with Crippen molar-refractivity contribution < 1.29 is 18.4 Å². The van der Waals surface area contributed by atoms with Gasteiger partial charge in [-0.25, -0.2) is 0 Å². The van der Waals surface area contributed by atoms with Gasteiger partial charge in [0, 0.05) is 12.6 Å². The van der Waals surface area contributed by atoms with E-state index in [1.165, 1.54) is 0 Å². The quantitative estimate of drug-likeness (QED) is 0.313. The average Bonchev–Trinajstić information content (AvgIpc) is 2.28. The Morgan fingerprint density at radius 1 is 1.47 bits per heavy atom. The minimum Gasteiger partial charge on any atom is -0.409 e. The number of oxime groups is 1. The molecule has 1 aliphatic heterocycles. The largest absolute Gasteiger partial charge is 0.409 e.